The van der Waals surface area contributed by atoms with E-state index in [1.165, 1.54) is 28.6 Å². The third-order valence-electron chi connectivity index (χ3n) is 4.37. The molecule has 0 saturated carbocycles. The molecule has 1 amide bonds. The molecule has 0 radical (unpaired) electrons. The largest absolute Gasteiger partial charge is 0.322 e. The first-order chi connectivity index (χ1) is 12.8. The van der Waals surface area contributed by atoms with Crippen LogP contribution in [0.15, 0.2) is 51.8 Å². The smallest absolute Gasteiger partial charge is 0.243 e. The third-order valence-corrected chi connectivity index (χ3v) is 7.05. The van der Waals surface area contributed by atoms with Crippen LogP contribution in [0.25, 0.3) is 0 Å². The number of nitrogens with zero attached hydrogens (tertiary/aromatic N) is 1. The summed E-state index contributed by atoms with van der Waals surface area (Å²) >= 11 is 9.00. The van der Waals surface area contributed by atoms with Gasteiger partial charge in [0.1, 0.15) is 11.9 Å². The first-order valence-corrected chi connectivity index (χ1v) is 10.9. The number of hydrogen-bond acceptors (Lipinski definition) is 3. The number of sulfonamides is 1. The third kappa shape index (κ3) is 4.51. The van der Waals surface area contributed by atoms with Crippen LogP contribution in [0.5, 0.6) is 0 Å². The van der Waals surface area contributed by atoms with E-state index in [1.807, 2.05) is 0 Å². The van der Waals surface area contributed by atoms with E-state index < -0.39 is 27.8 Å². The molecule has 5 nitrogen and oxygen atoms in total. The predicted molar refractivity (Wildman–Crippen MR) is 106 cm³/mol. The van der Waals surface area contributed by atoms with Crippen molar-refractivity contribution in [3.05, 3.63) is 57.8 Å². The Bertz CT molecular complexity index is 954. The average Bonchev–Trinajstić information content (AvgIpc) is 2.64. The van der Waals surface area contributed by atoms with Gasteiger partial charge in [0.25, 0.3) is 0 Å². The highest BCUT2D eigenvalue weighted by Crippen LogP contribution is 2.28. The highest BCUT2D eigenvalue weighted by atomic mass is 79.9. The molecule has 144 valence electrons. The molecule has 1 heterocycles. The maximum Gasteiger partial charge on any atom is 0.243 e. The summed E-state index contributed by atoms with van der Waals surface area (Å²) in [6.45, 7) is 0.236. The zero-order chi connectivity index (χ0) is 19.6. The predicted octanol–water partition coefficient (Wildman–Crippen LogP) is 4.42. The topological polar surface area (TPSA) is 66.5 Å². The fraction of sp³-hybridized carbons (Fsp3) is 0.278. The molecule has 1 fully saturated rings. The van der Waals surface area contributed by atoms with Crippen molar-refractivity contribution in [2.45, 2.75) is 30.2 Å². The van der Waals surface area contributed by atoms with Gasteiger partial charge in [-0.3, -0.25) is 4.79 Å². The highest BCUT2D eigenvalue weighted by molar-refractivity contribution is 9.10. The van der Waals surface area contributed by atoms with Gasteiger partial charge in [0, 0.05) is 16.0 Å². The lowest BCUT2D eigenvalue weighted by molar-refractivity contribution is -0.120. The molecule has 1 atom stereocenters. The Morgan fingerprint density at radius 1 is 1.19 bits per heavy atom. The minimum Gasteiger partial charge on any atom is -0.322 e. The molecular formula is C18H17BrClFN2O3S. The standard InChI is InChI=1S/C18H17BrClFN2O3S/c19-12-4-7-14(8-5-12)27(25,26)23-10-2-1-3-17(23)18(24)22-16-9-6-13(20)11-15(16)21/h4-9,11,17H,1-3,10H2,(H,22,24)/t17-/m1/s1. The van der Waals surface area contributed by atoms with Crippen LogP contribution in [0.4, 0.5) is 10.1 Å². The van der Waals surface area contributed by atoms with Crippen LogP contribution in [0, 0.1) is 5.82 Å². The van der Waals surface area contributed by atoms with Gasteiger partial charge in [-0.1, -0.05) is 34.0 Å². The quantitative estimate of drug-likeness (QED) is 0.712. The molecule has 9 heteroatoms. The van der Waals surface area contributed by atoms with E-state index in [0.717, 1.165) is 10.5 Å². The molecule has 2 aromatic carbocycles. The zero-order valence-corrected chi connectivity index (χ0v) is 17.3. The van der Waals surface area contributed by atoms with Crippen molar-refractivity contribution in [3.63, 3.8) is 0 Å². The van der Waals surface area contributed by atoms with E-state index in [-0.39, 0.29) is 22.2 Å². The second-order valence-electron chi connectivity index (χ2n) is 6.19. The van der Waals surface area contributed by atoms with Crippen molar-refractivity contribution in [1.29, 1.82) is 0 Å². The lowest BCUT2D eigenvalue weighted by atomic mass is 10.0. The molecule has 1 aliphatic heterocycles. The number of piperidine rings is 1. The molecule has 1 N–H and O–H groups in total. The van der Waals surface area contributed by atoms with Crippen LogP contribution in [-0.4, -0.2) is 31.2 Å². The van der Waals surface area contributed by atoms with Crippen LogP contribution >= 0.6 is 27.5 Å². The molecular weight excluding hydrogens is 459 g/mol. The van der Waals surface area contributed by atoms with Gasteiger partial charge in [0.05, 0.1) is 10.6 Å². The Morgan fingerprint density at radius 3 is 2.56 bits per heavy atom. The summed E-state index contributed by atoms with van der Waals surface area (Å²) in [6.07, 6.45) is 1.75. The number of anilines is 1. The van der Waals surface area contributed by atoms with Gasteiger partial charge in [0.15, 0.2) is 0 Å². The molecule has 0 aromatic heterocycles. The van der Waals surface area contributed by atoms with Crippen LogP contribution in [0.3, 0.4) is 0 Å². The van der Waals surface area contributed by atoms with Gasteiger partial charge in [-0.05, 0) is 55.3 Å². The SMILES string of the molecule is O=C(Nc1ccc(Cl)cc1F)[C@H]1CCCCN1S(=O)(=O)c1ccc(Br)cc1. The van der Waals surface area contributed by atoms with Crippen LogP contribution in [0.2, 0.25) is 5.02 Å². The Hall–Kier alpha value is -1.48. The van der Waals surface area contributed by atoms with E-state index in [9.17, 15) is 17.6 Å². The average molecular weight is 476 g/mol. The van der Waals surface area contributed by atoms with E-state index in [2.05, 4.69) is 21.2 Å². The second-order valence-corrected chi connectivity index (χ2v) is 9.44. The van der Waals surface area contributed by atoms with Crippen molar-refractivity contribution < 1.29 is 17.6 Å². The molecule has 0 bridgehead atoms. The molecule has 2 aromatic rings. The first-order valence-electron chi connectivity index (χ1n) is 8.32. The van der Waals surface area contributed by atoms with E-state index in [0.29, 0.717) is 19.3 Å². The fourth-order valence-electron chi connectivity index (χ4n) is 3.00. The van der Waals surface area contributed by atoms with Gasteiger partial charge >= 0.3 is 0 Å². The maximum atomic E-state index is 14.0. The number of nitrogens with one attached hydrogen (secondary N) is 1. The van der Waals surface area contributed by atoms with Crippen molar-refractivity contribution >= 4 is 49.1 Å². The molecule has 1 aliphatic rings. The Kier molecular flexibility index (Phi) is 6.20. The summed E-state index contributed by atoms with van der Waals surface area (Å²) in [5.74, 6) is -1.23. The molecule has 0 spiro atoms. The van der Waals surface area contributed by atoms with Gasteiger partial charge in [-0.15, -0.1) is 0 Å². The minimum atomic E-state index is -3.85. The first kappa shape index (κ1) is 20.3. The number of hydrogen-bond donors (Lipinski definition) is 1. The van der Waals surface area contributed by atoms with E-state index >= 15 is 0 Å². The summed E-state index contributed by atoms with van der Waals surface area (Å²) < 4.78 is 42.0. The Morgan fingerprint density at radius 2 is 1.89 bits per heavy atom. The van der Waals surface area contributed by atoms with Crippen LogP contribution in [-0.2, 0) is 14.8 Å². The van der Waals surface area contributed by atoms with E-state index in [4.69, 9.17) is 11.6 Å². The van der Waals surface area contributed by atoms with Crippen molar-refractivity contribution in [2.24, 2.45) is 0 Å². The Balaban J connectivity index is 1.86. The normalized spacial score (nSPS) is 18.3. The Labute approximate surface area is 170 Å². The lowest BCUT2D eigenvalue weighted by Crippen LogP contribution is -2.49. The number of halogens is 3. The number of carbonyl (C=O) groups is 1. The lowest BCUT2D eigenvalue weighted by Gasteiger charge is -2.33. The van der Waals surface area contributed by atoms with Gasteiger partial charge in [0.2, 0.25) is 15.9 Å². The van der Waals surface area contributed by atoms with Crippen molar-refractivity contribution in [3.8, 4) is 0 Å². The monoisotopic (exact) mass is 474 g/mol. The minimum absolute atomic E-state index is 0.0315. The number of amides is 1. The summed E-state index contributed by atoms with van der Waals surface area (Å²) in [6, 6.07) is 9.24. The van der Waals surface area contributed by atoms with Crippen molar-refractivity contribution in [1.82, 2.24) is 4.31 Å². The summed E-state index contributed by atoms with van der Waals surface area (Å²) in [5, 5.41) is 2.69. The second kappa shape index (κ2) is 8.26. The van der Waals surface area contributed by atoms with E-state index in [1.54, 1.807) is 12.1 Å². The van der Waals surface area contributed by atoms with Gasteiger partial charge in [-0.2, -0.15) is 4.31 Å². The number of rotatable bonds is 4. The summed E-state index contributed by atoms with van der Waals surface area (Å²) in [7, 11) is -3.85. The van der Waals surface area contributed by atoms with Crippen LogP contribution in [0.1, 0.15) is 19.3 Å². The summed E-state index contributed by atoms with van der Waals surface area (Å²) in [5.41, 5.74) is -0.0315. The van der Waals surface area contributed by atoms with Crippen molar-refractivity contribution in [2.75, 3.05) is 11.9 Å². The number of carbonyl (C=O) groups excluding carboxylic acids is 1. The fourth-order valence-corrected chi connectivity index (χ4v) is 5.08. The molecule has 0 aliphatic carbocycles. The number of benzene rings is 2. The molecule has 1 saturated heterocycles. The maximum absolute atomic E-state index is 14.0. The molecule has 27 heavy (non-hydrogen) atoms. The molecule has 3 rings (SSSR count). The summed E-state index contributed by atoms with van der Waals surface area (Å²) in [4.78, 5) is 12.8. The van der Waals surface area contributed by atoms with Crippen LogP contribution < -0.4 is 5.32 Å². The van der Waals surface area contributed by atoms with Gasteiger partial charge < -0.3 is 5.32 Å². The highest BCUT2D eigenvalue weighted by Gasteiger charge is 2.37. The van der Waals surface area contributed by atoms with Gasteiger partial charge in [-0.25, -0.2) is 12.8 Å². The molecule has 0 unspecified atom stereocenters. The zero-order valence-electron chi connectivity index (χ0n) is 14.2.